The highest BCUT2D eigenvalue weighted by Crippen LogP contribution is 2.22. The molecule has 112 valence electrons. The van der Waals surface area contributed by atoms with Crippen LogP contribution in [0.2, 0.25) is 0 Å². The van der Waals surface area contributed by atoms with E-state index in [1.165, 1.54) is 11.1 Å². The standard InChI is InChI=1S/C17H28N2O/c1-5-13-10-9-11-14(6-2)17(13)18-12-16(20)19-15(7-3)8-4/h9-11,15,18H,5-8,12H2,1-4H3,(H,19,20). The van der Waals surface area contributed by atoms with Crippen molar-refractivity contribution in [1.29, 1.82) is 0 Å². The van der Waals surface area contributed by atoms with E-state index >= 15 is 0 Å². The van der Waals surface area contributed by atoms with Gasteiger partial charge in [-0.3, -0.25) is 4.79 Å². The van der Waals surface area contributed by atoms with Crippen LogP contribution in [0, 0.1) is 0 Å². The lowest BCUT2D eigenvalue weighted by molar-refractivity contribution is -0.120. The van der Waals surface area contributed by atoms with Gasteiger partial charge in [0.25, 0.3) is 0 Å². The van der Waals surface area contributed by atoms with Gasteiger partial charge >= 0.3 is 0 Å². The van der Waals surface area contributed by atoms with Crippen LogP contribution in [0.4, 0.5) is 5.69 Å². The minimum atomic E-state index is 0.0756. The predicted molar refractivity (Wildman–Crippen MR) is 86.2 cm³/mol. The van der Waals surface area contributed by atoms with Crippen LogP contribution in [0.5, 0.6) is 0 Å². The monoisotopic (exact) mass is 276 g/mol. The Morgan fingerprint density at radius 2 is 1.60 bits per heavy atom. The average Bonchev–Trinajstić information content (AvgIpc) is 2.49. The zero-order valence-electron chi connectivity index (χ0n) is 13.3. The Morgan fingerprint density at radius 1 is 1.05 bits per heavy atom. The van der Waals surface area contributed by atoms with Crippen LogP contribution in [0.15, 0.2) is 18.2 Å². The molecule has 0 fully saturated rings. The predicted octanol–water partition coefficient (Wildman–Crippen LogP) is 3.53. The number of hydrogen-bond donors (Lipinski definition) is 2. The molecule has 0 bridgehead atoms. The van der Waals surface area contributed by atoms with Crippen molar-refractivity contribution in [3.8, 4) is 0 Å². The molecule has 3 heteroatoms. The van der Waals surface area contributed by atoms with Crippen LogP contribution in [0.25, 0.3) is 0 Å². The molecule has 0 aromatic heterocycles. The van der Waals surface area contributed by atoms with Crippen molar-refractivity contribution in [2.45, 2.75) is 59.4 Å². The minimum Gasteiger partial charge on any atom is -0.376 e. The fraction of sp³-hybridized carbons (Fsp3) is 0.588. The Bertz CT molecular complexity index is 403. The van der Waals surface area contributed by atoms with Gasteiger partial charge in [0.1, 0.15) is 0 Å². The Hall–Kier alpha value is -1.51. The van der Waals surface area contributed by atoms with E-state index in [-0.39, 0.29) is 11.9 Å². The van der Waals surface area contributed by atoms with E-state index < -0.39 is 0 Å². The zero-order valence-corrected chi connectivity index (χ0v) is 13.3. The number of amides is 1. The van der Waals surface area contributed by atoms with E-state index in [9.17, 15) is 4.79 Å². The number of benzene rings is 1. The number of aryl methyl sites for hydroxylation is 2. The van der Waals surface area contributed by atoms with Gasteiger partial charge in [0.15, 0.2) is 0 Å². The summed E-state index contributed by atoms with van der Waals surface area (Å²) < 4.78 is 0. The summed E-state index contributed by atoms with van der Waals surface area (Å²) in [7, 11) is 0. The molecule has 1 aromatic rings. The maximum Gasteiger partial charge on any atom is 0.239 e. The molecule has 0 aliphatic heterocycles. The normalized spacial score (nSPS) is 10.7. The number of carbonyl (C=O) groups excluding carboxylic acids is 1. The topological polar surface area (TPSA) is 41.1 Å². The number of para-hydroxylation sites is 1. The number of hydrogen-bond acceptors (Lipinski definition) is 2. The van der Waals surface area contributed by atoms with Gasteiger partial charge in [-0.05, 0) is 36.8 Å². The third-order valence-corrected chi connectivity index (χ3v) is 3.78. The van der Waals surface area contributed by atoms with Gasteiger partial charge in [-0.25, -0.2) is 0 Å². The summed E-state index contributed by atoms with van der Waals surface area (Å²) in [6, 6.07) is 6.63. The summed E-state index contributed by atoms with van der Waals surface area (Å²) in [5.74, 6) is 0.0756. The first-order valence-corrected chi connectivity index (χ1v) is 7.80. The second kappa shape index (κ2) is 8.62. The maximum absolute atomic E-state index is 12.0. The van der Waals surface area contributed by atoms with Gasteiger partial charge in [-0.15, -0.1) is 0 Å². The SMILES string of the molecule is CCc1cccc(CC)c1NCC(=O)NC(CC)CC. The number of rotatable bonds is 8. The minimum absolute atomic E-state index is 0.0756. The van der Waals surface area contributed by atoms with Crippen molar-refractivity contribution >= 4 is 11.6 Å². The fourth-order valence-corrected chi connectivity index (χ4v) is 2.41. The summed E-state index contributed by atoms with van der Waals surface area (Å²) in [4.78, 5) is 12.0. The molecule has 1 amide bonds. The molecule has 0 heterocycles. The number of carbonyl (C=O) groups is 1. The summed E-state index contributed by atoms with van der Waals surface area (Å²) in [5.41, 5.74) is 3.69. The molecule has 0 aliphatic carbocycles. The Balaban J connectivity index is 2.67. The molecule has 1 rings (SSSR count). The quantitative estimate of drug-likeness (QED) is 0.762. The van der Waals surface area contributed by atoms with Crippen LogP contribution in [0.3, 0.4) is 0 Å². The second-order valence-electron chi connectivity index (χ2n) is 5.09. The first-order chi connectivity index (χ1) is 9.65. The van der Waals surface area contributed by atoms with E-state index in [2.05, 4.69) is 56.5 Å². The molecule has 0 unspecified atom stereocenters. The van der Waals surface area contributed by atoms with E-state index in [1.54, 1.807) is 0 Å². The van der Waals surface area contributed by atoms with Gasteiger partial charge < -0.3 is 10.6 Å². The lowest BCUT2D eigenvalue weighted by atomic mass is 10.0. The molecule has 2 N–H and O–H groups in total. The zero-order chi connectivity index (χ0) is 15.0. The van der Waals surface area contributed by atoms with Crippen LogP contribution < -0.4 is 10.6 Å². The molecule has 0 radical (unpaired) electrons. The third-order valence-electron chi connectivity index (χ3n) is 3.78. The molecule has 1 aromatic carbocycles. The lowest BCUT2D eigenvalue weighted by Crippen LogP contribution is -2.37. The molecule has 20 heavy (non-hydrogen) atoms. The Labute approximate surface area is 123 Å². The summed E-state index contributed by atoms with van der Waals surface area (Å²) in [6.07, 6.45) is 3.91. The summed E-state index contributed by atoms with van der Waals surface area (Å²) >= 11 is 0. The maximum atomic E-state index is 12.0. The first kappa shape index (κ1) is 16.5. The summed E-state index contributed by atoms with van der Waals surface area (Å²) in [5, 5.41) is 6.39. The van der Waals surface area contributed by atoms with Crippen LogP contribution in [0.1, 0.15) is 51.7 Å². The molecule has 0 atom stereocenters. The molecule has 0 aliphatic rings. The van der Waals surface area contributed by atoms with E-state index in [4.69, 9.17) is 0 Å². The van der Waals surface area contributed by atoms with Gasteiger partial charge in [0.05, 0.1) is 6.54 Å². The second-order valence-corrected chi connectivity index (χ2v) is 5.09. The van der Waals surface area contributed by atoms with Crippen LogP contribution >= 0.6 is 0 Å². The molecular weight excluding hydrogens is 248 g/mol. The molecule has 3 nitrogen and oxygen atoms in total. The Morgan fingerprint density at radius 3 is 2.05 bits per heavy atom. The molecular formula is C17H28N2O. The Kier molecular flexibility index (Phi) is 7.13. The summed E-state index contributed by atoms with van der Waals surface area (Å²) in [6.45, 7) is 8.84. The van der Waals surface area contributed by atoms with E-state index in [0.29, 0.717) is 6.54 Å². The van der Waals surface area contributed by atoms with Crippen molar-refractivity contribution in [3.05, 3.63) is 29.3 Å². The smallest absolute Gasteiger partial charge is 0.239 e. The van der Waals surface area contributed by atoms with Gasteiger partial charge in [0, 0.05) is 11.7 Å². The molecule has 0 spiro atoms. The largest absolute Gasteiger partial charge is 0.376 e. The van der Waals surface area contributed by atoms with Crippen LogP contribution in [-0.4, -0.2) is 18.5 Å². The fourth-order valence-electron chi connectivity index (χ4n) is 2.41. The van der Waals surface area contributed by atoms with Crippen molar-refractivity contribution in [3.63, 3.8) is 0 Å². The highest BCUT2D eigenvalue weighted by molar-refractivity contribution is 5.81. The van der Waals surface area contributed by atoms with E-state index in [0.717, 1.165) is 31.4 Å². The highest BCUT2D eigenvalue weighted by Gasteiger charge is 2.10. The average molecular weight is 276 g/mol. The first-order valence-electron chi connectivity index (χ1n) is 7.80. The molecule has 0 saturated carbocycles. The lowest BCUT2D eigenvalue weighted by Gasteiger charge is -2.18. The van der Waals surface area contributed by atoms with Crippen molar-refractivity contribution < 1.29 is 4.79 Å². The van der Waals surface area contributed by atoms with Crippen molar-refractivity contribution in [2.75, 3.05) is 11.9 Å². The number of nitrogens with one attached hydrogen (secondary N) is 2. The van der Waals surface area contributed by atoms with Gasteiger partial charge in [0.2, 0.25) is 5.91 Å². The third kappa shape index (κ3) is 4.55. The van der Waals surface area contributed by atoms with Crippen molar-refractivity contribution in [1.82, 2.24) is 5.32 Å². The van der Waals surface area contributed by atoms with Crippen LogP contribution in [-0.2, 0) is 17.6 Å². The number of anilines is 1. The van der Waals surface area contributed by atoms with Gasteiger partial charge in [-0.2, -0.15) is 0 Å². The van der Waals surface area contributed by atoms with Crippen molar-refractivity contribution in [2.24, 2.45) is 0 Å². The molecule has 0 saturated heterocycles. The van der Waals surface area contributed by atoms with Gasteiger partial charge in [-0.1, -0.05) is 45.9 Å². The highest BCUT2D eigenvalue weighted by atomic mass is 16.1. The van der Waals surface area contributed by atoms with E-state index in [1.807, 2.05) is 0 Å².